The fourth-order valence-corrected chi connectivity index (χ4v) is 2.82. The molecule has 20 heavy (non-hydrogen) atoms. The second kappa shape index (κ2) is 4.41. The van der Waals surface area contributed by atoms with Crippen LogP contribution in [0, 0.1) is 0 Å². The van der Waals surface area contributed by atoms with Gasteiger partial charge in [0, 0.05) is 35.2 Å². The molecule has 0 saturated carbocycles. The summed E-state index contributed by atoms with van der Waals surface area (Å²) >= 11 is 0. The second-order valence-electron chi connectivity index (χ2n) is 5.85. The molecule has 3 rings (SSSR count). The molecule has 0 saturated heterocycles. The van der Waals surface area contributed by atoms with E-state index >= 15 is 0 Å². The molecule has 2 aromatic rings. The van der Waals surface area contributed by atoms with Gasteiger partial charge in [-0.1, -0.05) is 38.6 Å². The summed E-state index contributed by atoms with van der Waals surface area (Å²) < 4.78 is 0. The summed E-state index contributed by atoms with van der Waals surface area (Å²) in [6, 6.07) is 16.8. The Bertz CT molecular complexity index is 656. The lowest BCUT2D eigenvalue weighted by atomic mass is 9.84. The second-order valence-corrected chi connectivity index (χ2v) is 5.85. The van der Waals surface area contributed by atoms with Crippen LogP contribution in [0.3, 0.4) is 0 Å². The van der Waals surface area contributed by atoms with Crippen molar-refractivity contribution in [2.24, 2.45) is 0 Å². The maximum Gasteiger partial charge on any atom is 0.0449 e. The van der Waals surface area contributed by atoms with Crippen molar-refractivity contribution < 1.29 is 0 Å². The number of benzene rings is 2. The number of hydrogen-bond donors (Lipinski definition) is 1. The van der Waals surface area contributed by atoms with E-state index in [4.69, 9.17) is 0 Å². The van der Waals surface area contributed by atoms with E-state index < -0.39 is 0 Å². The topological polar surface area (TPSA) is 15.3 Å². The summed E-state index contributed by atoms with van der Waals surface area (Å²) in [5, 5.41) is 3.45. The first-order chi connectivity index (χ1) is 9.50. The smallest absolute Gasteiger partial charge is 0.0449 e. The number of likely N-dealkylation sites (N-methyl/N-ethyl adjacent to an activating group) is 1. The number of nitrogens with one attached hydrogen (secondary N) is 1. The van der Waals surface area contributed by atoms with E-state index in [1.54, 1.807) is 0 Å². The average Bonchev–Trinajstić information content (AvgIpc) is 2.62. The van der Waals surface area contributed by atoms with E-state index in [0.29, 0.717) is 0 Å². The van der Waals surface area contributed by atoms with E-state index in [9.17, 15) is 0 Å². The van der Waals surface area contributed by atoms with Crippen LogP contribution in [-0.2, 0) is 5.41 Å². The van der Waals surface area contributed by atoms with E-state index in [1.165, 1.54) is 11.3 Å². The Balaban J connectivity index is 1.99. The Kier molecular flexibility index (Phi) is 2.82. The van der Waals surface area contributed by atoms with E-state index in [-0.39, 0.29) is 5.41 Å². The molecule has 1 aliphatic heterocycles. The van der Waals surface area contributed by atoms with Crippen molar-refractivity contribution in [1.82, 2.24) is 0 Å². The van der Waals surface area contributed by atoms with Gasteiger partial charge in [0.25, 0.3) is 0 Å². The zero-order valence-electron chi connectivity index (χ0n) is 12.3. The molecule has 0 aliphatic carbocycles. The van der Waals surface area contributed by atoms with E-state index in [0.717, 1.165) is 17.1 Å². The highest BCUT2D eigenvalue weighted by atomic mass is 15.2. The largest absolute Gasteiger partial charge is 0.356 e. The molecule has 0 unspecified atom stereocenters. The van der Waals surface area contributed by atoms with Crippen LogP contribution in [0.5, 0.6) is 0 Å². The minimum absolute atomic E-state index is 0.0154. The van der Waals surface area contributed by atoms with Crippen molar-refractivity contribution in [2.75, 3.05) is 17.3 Å². The molecule has 1 N–H and O–H groups in total. The van der Waals surface area contributed by atoms with Gasteiger partial charge in [-0.3, -0.25) is 0 Å². The minimum Gasteiger partial charge on any atom is -0.356 e. The molecule has 0 atom stereocenters. The van der Waals surface area contributed by atoms with Gasteiger partial charge in [0.1, 0.15) is 0 Å². The van der Waals surface area contributed by atoms with Gasteiger partial charge in [0.2, 0.25) is 0 Å². The number of nitrogens with zero attached hydrogens (tertiary/aromatic N) is 1. The van der Waals surface area contributed by atoms with Gasteiger partial charge in [0.05, 0.1) is 0 Å². The monoisotopic (exact) mass is 264 g/mol. The lowest BCUT2D eigenvalue weighted by molar-refractivity contribution is 0.643. The number of anilines is 3. The van der Waals surface area contributed by atoms with Crippen LogP contribution in [0.15, 0.2) is 60.8 Å². The normalized spacial score (nSPS) is 16.1. The molecule has 1 heterocycles. The van der Waals surface area contributed by atoms with Crippen molar-refractivity contribution >= 4 is 17.1 Å². The van der Waals surface area contributed by atoms with Crippen LogP contribution in [0.4, 0.5) is 17.1 Å². The first-order valence-corrected chi connectivity index (χ1v) is 6.90. The summed E-state index contributed by atoms with van der Waals surface area (Å²) in [6.07, 6.45) is 0. The first-order valence-electron chi connectivity index (χ1n) is 6.90. The highest BCUT2D eigenvalue weighted by molar-refractivity contribution is 5.74. The van der Waals surface area contributed by atoms with Crippen molar-refractivity contribution in [3.8, 4) is 0 Å². The van der Waals surface area contributed by atoms with Crippen LogP contribution < -0.4 is 10.2 Å². The fraction of sp³-hybridized carbons (Fsp3) is 0.222. The molecule has 0 spiro atoms. The molecule has 1 aliphatic rings. The van der Waals surface area contributed by atoms with Crippen molar-refractivity contribution in [2.45, 2.75) is 19.3 Å². The lowest BCUT2D eigenvalue weighted by Crippen LogP contribution is -2.21. The van der Waals surface area contributed by atoms with Gasteiger partial charge in [0.15, 0.2) is 0 Å². The first kappa shape index (κ1) is 12.8. The third kappa shape index (κ3) is 1.88. The number of rotatable bonds is 2. The minimum atomic E-state index is -0.0154. The van der Waals surface area contributed by atoms with Gasteiger partial charge < -0.3 is 10.2 Å². The highest BCUT2D eigenvalue weighted by Crippen LogP contribution is 2.47. The average molecular weight is 264 g/mol. The standard InChI is InChI=1S/C18H20N2/c1-13-18(2,3)16-12-15(10-11-17(16)20(13)4)19-14-8-6-5-7-9-14/h5-12,19H,1H2,2-4H3. The molecular formula is C18H20N2. The maximum atomic E-state index is 4.22. The third-order valence-electron chi connectivity index (χ3n) is 4.22. The molecule has 2 nitrogen and oxygen atoms in total. The zero-order valence-corrected chi connectivity index (χ0v) is 12.3. The SMILES string of the molecule is C=C1N(C)c2ccc(Nc3ccccc3)cc2C1(C)C. The molecule has 102 valence electrons. The number of para-hydroxylation sites is 1. The van der Waals surface area contributed by atoms with Crippen LogP contribution in [-0.4, -0.2) is 7.05 Å². The number of allylic oxidation sites excluding steroid dienone is 1. The van der Waals surface area contributed by atoms with Crippen molar-refractivity contribution in [3.05, 3.63) is 66.4 Å². The van der Waals surface area contributed by atoms with Crippen LogP contribution in [0.1, 0.15) is 19.4 Å². The number of hydrogen-bond acceptors (Lipinski definition) is 2. The van der Waals surface area contributed by atoms with Gasteiger partial charge in [-0.15, -0.1) is 0 Å². The molecule has 0 bridgehead atoms. The van der Waals surface area contributed by atoms with E-state index in [1.807, 2.05) is 18.2 Å². The Hall–Kier alpha value is -2.22. The van der Waals surface area contributed by atoms with E-state index in [2.05, 4.69) is 68.0 Å². The maximum absolute atomic E-state index is 4.22. The molecule has 2 aromatic carbocycles. The lowest BCUT2D eigenvalue weighted by Gasteiger charge is -2.22. The molecule has 0 aromatic heterocycles. The Morgan fingerprint density at radius 1 is 1.00 bits per heavy atom. The molecule has 0 amide bonds. The predicted octanol–water partition coefficient (Wildman–Crippen LogP) is 4.67. The molecular weight excluding hydrogens is 244 g/mol. The van der Waals surface area contributed by atoms with Crippen LogP contribution in [0.2, 0.25) is 0 Å². The van der Waals surface area contributed by atoms with Crippen molar-refractivity contribution in [3.63, 3.8) is 0 Å². The predicted molar refractivity (Wildman–Crippen MR) is 86.7 cm³/mol. The fourth-order valence-electron chi connectivity index (χ4n) is 2.82. The quantitative estimate of drug-likeness (QED) is 0.847. The van der Waals surface area contributed by atoms with Gasteiger partial charge in [-0.25, -0.2) is 0 Å². The van der Waals surface area contributed by atoms with Crippen LogP contribution >= 0.6 is 0 Å². The van der Waals surface area contributed by atoms with Crippen LogP contribution in [0.25, 0.3) is 0 Å². The number of fused-ring (bicyclic) bond motifs is 1. The third-order valence-corrected chi connectivity index (χ3v) is 4.22. The molecule has 0 radical (unpaired) electrons. The zero-order chi connectivity index (χ0) is 14.3. The Morgan fingerprint density at radius 2 is 1.70 bits per heavy atom. The van der Waals surface area contributed by atoms with Gasteiger partial charge in [-0.2, -0.15) is 0 Å². The summed E-state index contributed by atoms with van der Waals surface area (Å²) in [7, 11) is 2.08. The Morgan fingerprint density at radius 3 is 2.40 bits per heavy atom. The summed E-state index contributed by atoms with van der Waals surface area (Å²) in [5.41, 5.74) is 5.92. The summed E-state index contributed by atoms with van der Waals surface area (Å²) in [5.74, 6) is 0. The van der Waals surface area contributed by atoms with Gasteiger partial charge >= 0.3 is 0 Å². The molecule has 0 fully saturated rings. The Labute approximate surface area is 120 Å². The van der Waals surface area contributed by atoms with Gasteiger partial charge in [-0.05, 0) is 35.9 Å². The highest BCUT2D eigenvalue weighted by Gasteiger charge is 2.37. The van der Waals surface area contributed by atoms with Crippen molar-refractivity contribution in [1.29, 1.82) is 0 Å². The summed E-state index contributed by atoms with van der Waals surface area (Å²) in [4.78, 5) is 2.18. The molecule has 2 heteroatoms. The summed E-state index contributed by atoms with van der Waals surface area (Å²) in [6.45, 7) is 8.67.